The van der Waals surface area contributed by atoms with Gasteiger partial charge in [0.05, 0.1) is 11.3 Å². The Labute approximate surface area is 103 Å². The van der Waals surface area contributed by atoms with Crippen molar-refractivity contribution in [3.8, 4) is 0 Å². The molecule has 0 fully saturated rings. The number of nitro benzene ring substituents is 1. The molecular formula is C12H11N3O3. The quantitative estimate of drug-likeness (QED) is 0.355. The van der Waals surface area contributed by atoms with E-state index in [2.05, 4.69) is 4.98 Å². The summed E-state index contributed by atoms with van der Waals surface area (Å²) in [6.45, 7) is 1.76. The first kappa shape index (κ1) is 12.0. The normalized spacial score (nSPS) is 10.3. The summed E-state index contributed by atoms with van der Waals surface area (Å²) in [6.07, 6.45) is 3.11. The Balaban J connectivity index is 2.37. The molecule has 0 spiro atoms. The zero-order valence-corrected chi connectivity index (χ0v) is 9.74. The number of aryl methyl sites for hydroxylation is 1. The molecule has 0 radical (unpaired) electrons. The van der Waals surface area contributed by atoms with Gasteiger partial charge in [-0.3, -0.25) is 10.1 Å². The van der Waals surface area contributed by atoms with Gasteiger partial charge in [0.1, 0.15) is 12.4 Å². The van der Waals surface area contributed by atoms with E-state index in [0.29, 0.717) is 10.3 Å². The van der Waals surface area contributed by atoms with Gasteiger partial charge >= 0.3 is 5.82 Å². The number of hydrogen-bond acceptors (Lipinski definition) is 4. The van der Waals surface area contributed by atoms with E-state index in [1.165, 1.54) is 12.3 Å². The molecule has 0 saturated heterocycles. The molecule has 0 atom stereocenters. The van der Waals surface area contributed by atoms with E-state index < -0.39 is 4.92 Å². The molecule has 0 bridgehead atoms. The van der Waals surface area contributed by atoms with Crippen molar-refractivity contribution >= 4 is 5.69 Å². The van der Waals surface area contributed by atoms with Crippen molar-refractivity contribution in [2.75, 3.05) is 0 Å². The third-order valence-corrected chi connectivity index (χ3v) is 2.53. The maximum Gasteiger partial charge on any atom is 0.305 e. The van der Waals surface area contributed by atoms with Crippen molar-refractivity contribution in [3.05, 3.63) is 68.9 Å². The molecule has 1 heterocycles. The molecule has 0 aliphatic rings. The maximum absolute atomic E-state index is 11.6. The Kier molecular flexibility index (Phi) is 3.18. The van der Waals surface area contributed by atoms with Crippen LogP contribution in [0, 0.1) is 22.2 Å². The van der Waals surface area contributed by atoms with Gasteiger partial charge in [-0.05, 0) is 6.92 Å². The zero-order valence-electron chi connectivity index (χ0n) is 9.74. The molecule has 6 heteroatoms. The molecule has 0 amide bonds. The minimum absolute atomic E-state index is 0.000116. The van der Waals surface area contributed by atoms with Crippen LogP contribution in [0.1, 0.15) is 17.0 Å². The molecule has 2 rings (SSSR count). The number of benzene rings is 1. The molecule has 1 aromatic carbocycles. The Morgan fingerprint density at radius 3 is 2.78 bits per heavy atom. The van der Waals surface area contributed by atoms with Gasteiger partial charge in [-0.15, -0.1) is 0 Å². The lowest BCUT2D eigenvalue weighted by atomic mass is 10.1. The summed E-state index contributed by atoms with van der Waals surface area (Å²) in [5.74, 6) is 0.245. The third kappa shape index (κ3) is 2.42. The molecular weight excluding hydrogens is 234 g/mol. The van der Waals surface area contributed by atoms with E-state index in [-0.39, 0.29) is 17.9 Å². The number of para-hydroxylation sites is 1. The number of hydrogen-bond donors (Lipinski definition) is 0. The number of rotatable bonds is 3. The summed E-state index contributed by atoms with van der Waals surface area (Å²) in [5, 5.41) is 22.5. The van der Waals surface area contributed by atoms with Crippen molar-refractivity contribution in [1.29, 1.82) is 0 Å². The lowest BCUT2D eigenvalue weighted by Crippen LogP contribution is -2.33. The Morgan fingerprint density at radius 2 is 2.11 bits per heavy atom. The largest absolute Gasteiger partial charge is 0.711 e. The van der Waals surface area contributed by atoms with Crippen LogP contribution in [-0.2, 0) is 6.42 Å². The van der Waals surface area contributed by atoms with Crippen LogP contribution in [0.15, 0.2) is 36.7 Å². The van der Waals surface area contributed by atoms with Crippen LogP contribution in [0.25, 0.3) is 0 Å². The molecule has 2 aromatic rings. The topological polar surface area (TPSA) is 83.0 Å². The fraction of sp³-hybridized carbons (Fsp3) is 0.167. The standard InChI is InChI=1S/C12H11N3O3/c1-9-7-13-12(14(16)8-9)6-10-4-2-3-5-11(10)15(17)18/h2-5,7-8H,6H2,1H3. The van der Waals surface area contributed by atoms with Crippen molar-refractivity contribution in [2.24, 2.45) is 0 Å². The predicted octanol–water partition coefficient (Wildman–Crippen LogP) is 1.52. The average molecular weight is 245 g/mol. The molecule has 18 heavy (non-hydrogen) atoms. The molecule has 0 aliphatic carbocycles. The van der Waals surface area contributed by atoms with Crippen LogP contribution in [-0.4, -0.2) is 9.91 Å². The Morgan fingerprint density at radius 1 is 1.39 bits per heavy atom. The predicted molar refractivity (Wildman–Crippen MR) is 63.8 cm³/mol. The second-order valence-corrected chi connectivity index (χ2v) is 3.94. The van der Waals surface area contributed by atoms with Gasteiger partial charge in [0.25, 0.3) is 5.69 Å². The molecule has 92 valence electrons. The van der Waals surface area contributed by atoms with E-state index in [1.807, 2.05) is 0 Å². The van der Waals surface area contributed by atoms with Crippen molar-refractivity contribution in [1.82, 2.24) is 4.98 Å². The second kappa shape index (κ2) is 4.79. The van der Waals surface area contributed by atoms with Crippen LogP contribution in [0.2, 0.25) is 0 Å². The number of nitrogens with zero attached hydrogens (tertiary/aromatic N) is 3. The molecule has 0 unspecified atom stereocenters. The lowest BCUT2D eigenvalue weighted by molar-refractivity contribution is -0.617. The van der Waals surface area contributed by atoms with Gasteiger partial charge < -0.3 is 5.21 Å². The smallest absolute Gasteiger partial charge is 0.305 e. The second-order valence-electron chi connectivity index (χ2n) is 3.94. The summed E-state index contributed by atoms with van der Waals surface area (Å²) in [6, 6.07) is 6.33. The summed E-state index contributed by atoms with van der Waals surface area (Å²) in [4.78, 5) is 14.4. The fourth-order valence-electron chi connectivity index (χ4n) is 1.66. The van der Waals surface area contributed by atoms with Gasteiger partial charge in [0.2, 0.25) is 0 Å². The van der Waals surface area contributed by atoms with Gasteiger partial charge in [-0.2, -0.15) is 0 Å². The van der Waals surface area contributed by atoms with Crippen LogP contribution < -0.4 is 4.73 Å². The first-order chi connectivity index (χ1) is 8.58. The van der Waals surface area contributed by atoms with Crippen LogP contribution in [0.3, 0.4) is 0 Å². The monoisotopic (exact) mass is 245 g/mol. The van der Waals surface area contributed by atoms with Crippen molar-refractivity contribution in [3.63, 3.8) is 0 Å². The number of aromatic nitrogens is 2. The number of nitro groups is 1. The van der Waals surface area contributed by atoms with E-state index in [4.69, 9.17) is 0 Å². The van der Waals surface area contributed by atoms with Gasteiger partial charge in [-0.1, -0.05) is 23.2 Å². The highest BCUT2D eigenvalue weighted by Gasteiger charge is 2.17. The summed E-state index contributed by atoms with van der Waals surface area (Å²) < 4.78 is 0.645. The van der Waals surface area contributed by atoms with Crippen LogP contribution >= 0.6 is 0 Å². The minimum atomic E-state index is -0.460. The molecule has 0 N–H and O–H groups in total. The molecule has 0 aliphatic heterocycles. The zero-order chi connectivity index (χ0) is 13.1. The highest BCUT2D eigenvalue weighted by molar-refractivity contribution is 5.41. The van der Waals surface area contributed by atoms with Crippen molar-refractivity contribution < 1.29 is 9.65 Å². The van der Waals surface area contributed by atoms with E-state index in [1.54, 1.807) is 31.3 Å². The molecule has 1 aromatic heterocycles. The molecule has 0 saturated carbocycles. The van der Waals surface area contributed by atoms with Crippen LogP contribution in [0.4, 0.5) is 5.69 Å². The maximum atomic E-state index is 11.6. The first-order valence-electron chi connectivity index (χ1n) is 5.35. The van der Waals surface area contributed by atoms with Gasteiger partial charge in [-0.25, -0.2) is 4.73 Å². The Hall–Kier alpha value is -2.50. The van der Waals surface area contributed by atoms with Crippen LogP contribution in [0.5, 0.6) is 0 Å². The minimum Gasteiger partial charge on any atom is -0.711 e. The summed E-state index contributed by atoms with van der Waals surface area (Å²) in [5.41, 5.74) is 1.22. The third-order valence-electron chi connectivity index (χ3n) is 2.53. The summed E-state index contributed by atoms with van der Waals surface area (Å²) in [7, 11) is 0. The Bertz CT molecular complexity index is 599. The fourth-order valence-corrected chi connectivity index (χ4v) is 1.66. The van der Waals surface area contributed by atoms with E-state index >= 15 is 0 Å². The van der Waals surface area contributed by atoms with Gasteiger partial charge in [0, 0.05) is 17.2 Å². The average Bonchev–Trinajstić information content (AvgIpc) is 2.33. The van der Waals surface area contributed by atoms with Crippen molar-refractivity contribution in [2.45, 2.75) is 13.3 Å². The van der Waals surface area contributed by atoms with E-state index in [9.17, 15) is 15.3 Å². The highest BCUT2D eigenvalue weighted by Crippen LogP contribution is 2.19. The van der Waals surface area contributed by atoms with E-state index in [0.717, 1.165) is 5.56 Å². The van der Waals surface area contributed by atoms with Gasteiger partial charge in [0.15, 0.2) is 0 Å². The molecule has 6 nitrogen and oxygen atoms in total. The summed E-state index contributed by atoms with van der Waals surface area (Å²) >= 11 is 0. The first-order valence-corrected chi connectivity index (χ1v) is 5.35. The highest BCUT2D eigenvalue weighted by atomic mass is 16.6. The SMILES string of the molecule is Cc1cnc(Cc2ccccc2[N+](=O)[O-])[n+]([O-])c1. The lowest BCUT2D eigenvalue weighted by Gasteiger charge is -2.06.